The third-order valence-corrected chi connectivity index (χ3v) is 3.63. The highest BCUT2D eigenvalue weighted by atomic mass is 32.2. The van der Waals surface area contributed by atoms with E-state index in [1.54, 1.807) is 0 Å². The Balaban J connectivity index is 1.78. The Morgan fingerprint density at radius 1 is 1.04 bits per heavy atom. The second-order valence-corrected chi connectivity index (χ2v) is 5.80. The highest BCUT2D eigenvalue weighted by Gasteiger charge is 2.10. The van der Waals surface area contributed by atoms with Gasteiger partial charge in [-0.05, 0) is 36.4 Å². The van der Waals surface area contributed by atoms with Crippen molar-refractivity contribution in [3.8, 4) is 0 Å². The number of amides is 3. The molecule has 132 valence electrons. The number of alkyl halides is 2. The minimum atomic E-state index is -2.50. The summed E-state index contributed by atoms with van der Waals surface area (Å²) in [5.74, 6) is -3.76. The van der Waals surface area contributed by atoms with Crippen molar-refractivity contribution in [2.75, 3.05) is 17.2 Å². The molecule has 3 amide bonds. The first kappa shape index (κ1) is 18.7. The zero-order valence-corrected chi connectivity index (χ0v) is 13.6. The van der Waals surface area contributed by atoms with Crippen LogP contribution in [0.4, 0.5) is 29.3 Å². The van der Waals surface area contributed by atoms with Crippen LogP contribution in [0.3, 0.4) is 0 Å². The largest absolute Gasteiger partial charge is 0.376 e. The molecule has 0 aliphatic rings. The molecule has 0 aliphatic heterocycles. The number of nitrogens with one attached hydrogen (secondary N) is 3. The van der Waals surface area contributed by atoms with E-state index >= 15 is 0 Å². The van der Waals surface area contributed by atoms with Crippen molar-refractivity contribution >= 4 is 35.1 Å². The number of imide groups is 1. The van der Waals surface area contributed by atoms with E-state index in [1.807, 2.05) is 5.32 Å². The first-order chi connectivity index (χ1) is 11.9. The minimum Gasteiger partial charge on any atom is -0.376 e. The summed E-state index contributed by atoms with van der Waals surface area (Å²) in [5, 5.41) is 7.00. The van der Waals surface area contributed by atoms with E-state index in [0.29, 0.717) is 22.3 Å². The van der Waals surface area contributed by atoms with Crippen LogP contribution < -0.4 is 16.0 Å². The van der Waals surface area contributed by atoms with Crippen LogP contribution in [0.15, 0.2) is 53.4 Å². The van der Waals surface area contributed by atoms with Gasteiger partial charge in [0, 0.05) is 10.6 Å². The van der Waals surface area contributed by atoms with Gasteiger partial charge in [-0.2, -0.15) is 8.78 Å². The van der Waals surface area contributed by atoms with Crippen molar-refractivity contribution in [1.82, 2.24) is 5.32 Å². The fourth-order valence-corrected chi connectivity index (χ4v) is 2.32. The Labute approximate surface area is 146 Å². The molecule has 0 saturated carbocycles. The molecule has 25 heavy (non-hydrogen) atoms. The Morgan fingerprint density at radius 3 is 2.36 bits per heavy atom. The van der Waals surface area contributed by atoms with E-state index < -0.39 is 23.5 Å². The SMILES string of the molecule is O=C(CNc1ccc(SC(F)F)cc1)NC(=O)Nc1ccccc1F. The maximum Gasteiger partial charge on any atom is 0.326 e. The first-order valence-corrected chi connectivity index (χ1v) is 7.96. The minimum absolute atomic E-state index is 0.0483. The van der Waals surface area contributed by atoms with Gasteiger partial charge in [0.15, 0.2) is 0 Å². The Hall–Kier alpha value is -2.68. The van der Waals surface area contributed by atoms with Crippen molar-refractivity contribution in [3.63, 3.8) is 0 Å². The Bertz CT molecular complexity index is 742. The number of carbonyl (C=O) groups is 2. The Kier molecular flexibility index (Phi) is 6.70. The molecule has 2 rings (SSSR count). The summed E-state index contributed by atoms with van der Waals surface area (Å²) in [6, 6.07) is 10.7. The topological polar surface area (TPSA) is 70.2 Å². The first-order valence-electron chi connectivity index (χ1n) is 7.08. The molecule has 0 fully saturated rings. The zero-order chi connectivity index (χ0) is 18.2. The van der Waals surface area contributed by atoms with Crippen molar-refractivity contribution in [3.05, 3.63) is 54.3 Å². The van der Waals surface area contributed by atoms with Gasteiger partial charge < -0.3 is 10.6 Å². The summed E-state index contributed by atoms with van der Waals surface area (Å²) < 4.78 is 37.8. The molecule has 0 heterocycles. The third-order valence-electron chi connectivity index (χ3n) is 2.91. The van der Waals surface area contributed by atoms with E-state index in [2.05, 4.69) is 10.6 Å². The van der Waals surface area contributed by atoms with Crippen molar-refractivity contribution in [1.29, 1.82) is 0 Å². The summed E-state index contributed by atoms with van der Waals surface area (Å²) in [4.78, 5) is 23.7. The lowest BCUT2D eigenvalue weighted by molar-refractivity contribution is -0.118. The molecule has 0 spiro atoms. The van der Waals surface area contributed by atoms with Gasteiger partial charge in [0.25, 0.3) is 5.76 Å². The summed E-state index contributed by atoms with van der Waals surface area (Å²) in [6.45, 7) is -0.216. The quantitative estimate of drug-likeness (QED) is 0.676. The lowest BCUT2D eigenvalue weighted by Crippen LogP contribution is -2.38. The van der Waals surface area contributed by atoms with Crippen molar-refractivity contribution < 1.29 is 22.8 Å². The maximum absolute atomic E-state index is 13.4. The van der Waals surface area contributed by atoms with Gasteiger partial charge in [-0.25, -0.2) is 9.18 Å². The smallest absolute Gasteiger partial charge is 0.326 e. The molecular weight excluding hydrogens is 355 g/mol. The number of thioether (sulfide) groups is 1. The van der Waals surface area contributed by atoms with E-state index in [9.17, 15) is 22.8 Å². The summed E-state index contributed by atoms with van der Waals surface area (Å²) in [5.41, 5.74) is 0.483. The molecule has 0 bridgehead atoms. The average Bonchev–Trinajstić information content (AvgIpc) is 2.56. The molecule has 0 unspecified atom stereocenters. The van der Waals surface area contributed by atoms with Crippen LogP contribution in [0.2, 0.25) is 0 Å². The van der Waals surface area contributed by atoms with Gasteiger partial charge in [-0.3, -0.25) is 10.1 Å². The second-order valence-electron chi connectivity index (χ2n) is 4.74. The molecule has 0 aromatic heterocycles. The number of hydrogen-bond donors (Lipinski definition) is 3. The molecule has 0 atom stereocenters. The number of anilines is 2. The normalized spacial score (nSPS) is 10.4. The van der Waals surface area contributed by atoms with Crippen LogP contribution in [-0.2, 0) is 4.79 Å². The van der Waals surface area contributed by atoms with Crippen LogP contribution in [0, 0.1) is 5.82 Å². The molecular formula is C16H14F3N3O2S. The zero-order valence-electron chi connectivity index (χ0n) is 12.8. The average molecular weight is 369 g/mol. The monoisotopic (exact) mass is 369 g/mol. The van der Waals surface area contributed by atoms with Crippen LogP contribution in [0.1, 0.15) is 0 Å². The van der Waals surface area contributed by atoms with E-state index in [-0.39, 0.29) is 12.2 Å². The van der Waals surface area contributed by atoms with E-state index in [0.717, 1.165) is 0 Å². The fourth-order valence-electron chi connectivity index (χ4n) is 1.82. The lowest BCUT2D eigenvalue weighted by atomic mass is 10.3. The molecule has 0 saturated heterocycles. The summed E-state index contributed by atoms with van der Waals surface area (Å²) in [7, 11) is 0. The molecule has 2 aromatic rings. The number of rotatable bonds is 6. The predicted molar refractivity (Wildman–Crippen MR) is 90.4 cm³/mol. The standard InChI is InChI=1S/C16H14F3N3O2S/c17-12-3-1-2-4-13(12)21-16(24)22-14(23)9-20-10-5-7-11(8-6-10)25-15(18)19/h1-8,15,20H,9H2,(H2,21,22,23,24). The highest BCUT2D eigenvalue weighted by molar-refractivity contribution is 7.99. The second kappa shape index (κ2) is 8.97. The van der Waals surface area contributed by atoms with E-state index in [4.69, 9.17) is 0 Å². The molecule has 5 nitrogen and oxygen atoms in total. The fraction of sp³-hybridized carbons (Fsp3) is 0.125. The van der Waals surface area contributed by atoms with Crippen LogP contribution in [0.25, 0.3) is 0 Å². The highest BCUT2D eigenvalue weighted by Crippen LogP contribution is 2.26. The van der Waals surface area contributed by atoms with Crippen LogP contribution >= 0.6 is 11.8 Å². The van der Waals surface area contributed by atoms with Gasteiger partial charge >= 0.3 is 6.03 Å². The summed E-state index contributed by atoms with van der Waals surface area (Å²) >= 11 is 0.418. The summed E-state index contributed by atoms with van der Waals surface area (Å²) in [6.07, 6.45) is 0. The molecule has 3 N–H and O–H groups in total. The van der Waals surface area contributed by atoms with E-state index in [1.165, 1.54) is 48.5 Å². The predicted octanol–water partition coefficient (Wildman–Crippen LogP) is 3.90. The van der Waals surface area contributed by atoms with Gasteiger partial charge in [0.2, 0.25) is 5.91 Å². The Morgan fingerprint density at radius 2 is 1.72 bits per heavy atom. The number of benzene rings is 2. The number of carbonyl (C=O) groups excluding carboxylic acids is 2. The number of halogens is 3. The van der Waals surface area contributed by atoms with Crippen molar-refractivity contribution in [2.45, 2.75) is 10.7 Å². The van der Waals surface area contributed by atoms with Gasteiger partial charge in [0.1, 0.15) is 5.82 Å². The molecule has 0 radical (unpaired) electrons. The van der Waals surface area contributed by atoms with Gasteiger partial charge in [0.05, 0.1) is 12.2 Å². The van der Waals surface area contributed by atoms with Gasteiger partial charge in [-0.15, -0.1) is 0 Å². The molecule has 9 heteroatoms. The molecule has 0 aliphatic carbocycles. The van der Waals surface area contributed by atoms with Crippen LogP contribution in [-0.4, -0.2) is 24.2 Å². The number of para-hydroxylation sites is 1. The number of hydrogen-bond acceptors (Lipinski definition) is 4. The maximum atomic E-state index is 13.4. The lowest BCUT2D eigenvalue weighted by Gasteiger charge is -2.09. The third kappa shape index (κ3) is 6.38. The number of urea groups is 1. The van der Waals surface area contributed by atoms with Crippen LogP contribution in [0.5, 0.6) is 0 Å². The van der Waals surface area contributed by atoms with Gasteiger partial charge in [-0.1, -0.05) is 23.9 Å². The molecule has 2 aromatic carbocycles. The van der Waals surface area contributed by atoms with Crippen molar-refractivity contribution in [2.24, 2.45) is 0 Å².